The molecule has 0 saturated heterocycles. The Labute approximate surface area is 120 Å². The molecule has 112 valence electrons. The molecule has 2 N–H and O–H groups in total. The van der Waals surface area contributed by atoms with Crippen molar-refractivity contribution >= 4 is 23.6 Å². The first-order valence-corrected chi connectivity index (χ1v) is 7.91. The minimum Gasteiger partial charge on any atom is -0.468 e. The van der Waals surface area contributed by atoms with Crippen molar-refractivity contribution in [3.8, 4) is 0 Å². The van der Waals surface area contributed by atoms with Crippen LogP contribution in [0.5, 0.6) is 0 Å². The molecule has 5 nitrogen and oxygen atoms in total. The van der Waals surface area contributed by atoms with E-state index in [2.05, 4.69) is 18.6 Å². The van der Waals surface area contributed by atoms with E-state index in [9.17, 15) is 9.59 Å². The van der Waals surface area contributed by atoms with E-state index in [1.165, 1.54) is 18.9 Å². The number of nitrogens with two attached hydrogens (primary N) is 1. The Bertz CT molecular complexity index is 269. The molecule has 0 fully saturated rings. The van der Waals surface area contributed by atoms with Gasteiger partial charge in [-0.15, -0.1) is 0 Å². The van der Waals surface area contributed by atoms with Gasteiger partial charge in [0.2, 0.25) is 5.91 Å². The molecule has 0 aliphatic rings. The molecule has 6 heteroatoms. The number of esters is 1. The lowest BCUT2D eigenvalue weighted by atomic mass is 10.2. The number of methoxy groups -OCH3 is 1. The summed E-state index contributed by atoms with van der Waals surface area (Å²) in [5.41, 5.74) is 5.62. The average Bonchev–Trinajstić information content (AvgIpc) is 2.41. The van der Waals surface area contributed by atoms with Crippen molar-refractivity contribution in [3.63, 3.8) is 0 Å². The lowest BCUT2D eigenvalue weighted by Gasteiger charge is -2.21. The molecule has 1 unspecified atom stereocenters. The summed E-state index contributed by atoms with van der Waals surface area (Å²) in [4.78, 5) is 24.9. The summed E-state index contributed by atoms with van der Waals surface area (Å²) >= 11 is 1.52. The quantitative estimate of drug-likeness (QED) is 0.484. The smallest absolute Gasteiger partial charge is 0.322 e. The molecule has 0 radical (unpaired) electrons. The maximum atomic E-state index is 11.9. The molecule has 0 aromatic carbocycles. The zero-order valence-electron chi connectivity index (χ0n) is 12.2. The van der Waals surface area contributed by atoms with Gasteiger partial charge < -0.3 is 15.4 Å². The van der Waals surface area contributed by atoms with Crippen LogP contribution >= 0.6 is 11.8 Å². The predicted molar refractivity (Wildman–Crippen MR) is 79.1 cm³/mol. The second-order valence-electron chi connectivity index (χ2n) is 4.35. The minimum absolute atomic E-state index is 0.167. The summed E-state index contributed by atoms with van der Waals surface area (Å²) in [5, 5.41) is 0. The minimum atomic E-state index is -0.588. The maximum Gasteiger partial charge on any atom is 0.322 e. The molecule has 0 rings (SSSR count). The molecular formula is C13H26N2O3S. The van der Waals surface area contributed by atoms with Gasteiger partial charge in [0.25, 0.3) is 0 Å². The number of amides is 1. The van der Waals surface area contributed by atoms with E-state index in [0.29, 0.717) is 17.9 Å². The fourth-order valence-corrected chi connectivity index (χ4v) is 2.55. The molecule has 0 aliphatic heterocycles. The van der Waals surface area contributed by atoms with Crippen LogP contribution in [0.2, 0.25) is 0 Å². The number of ether oxygens (including phenoxy) is 1. The number of thioether (sulfide) groups is 1. The van der Waals surface area contributed by atoms with Crippen LogP contribution in [0.15, 0.2) is 0 Å². The first kappa shape index (κ1) is 18.2. The number of carbonyl (C=O) groups excluding carboxylic acids is 2. The molecular weight excluding hydrogens is 264 g/mol. The lowest BCUT2D eigenvalue weighted by Crippen LogP contribution is -2.34. The molecule has 19 heavy (non-hydrogen) atoms. The van der Waals surface area contributed by atoms with Crippen LogP contribution < -0.4 is 5.73 Å². The largest absolute Gasteiger partial charge is 0.468 e. The Kier molecular flexibility index (Phi) is 10.7. The van der Waals surface area contributed by atoms with Gasteiger partial charge >= 0.3 is 5.97 Å². The van der Waals surface area contributed by atoms with Crippen molar-refractivity contribution in [2.75, 3.05) is 31.7 Å². The van der Waals surface area contributed by atoms with Gasteiger partial charge in [-0.3, -0.25) is 9.59 Å². The normalized spacial score (nSPS) is 12.0. The Morgan fingerprint density at radius 3 is 2.32 bits per heavy atom. The molecule has 0 bridgehead atoms. The van der Waals surface area contributed by atoms with E-state index in [-0.39, 0.29) is 5.91 Å². The van der Waals surface area contributed by atoms with E-state index in [1.54, 1.807) is 0 Å². The first-order chi connectivity index (χ1) is 9.06. The number of nitrogens with zero attached hydrogens (tertiary/aromatic N) is 1. The third-order valence-corrected chi connectivity index (χ3v) is 3.62. The Hall–Kier alpha value is -0.750. The summed E-state index contributed by atoms with van der Waals surface area (Å²) < 4.78 is 4.54. The third kappa shape index (κ3) is 8.10. The first-order valence-electron chi connectivity index (χ1n) is 6.75. The monoisotopic (exact) mass is 290 g/mol. The molecule has 1 amide bonds. The molecule has 0 aromatic heterocycles. The van der Waals surface area contributed by atoms with Crippen LogP contribution in [0.3, 0.4) is 0 Å². The zero-order valence-corrected chi connectivity index (χ0v) is 13.0. The van der Waals surface area contributed by atoms with E-state index in [0.717, 1.165) is 25.9 Å². The Balaban J connectivity index is 3.86. The molecule has 1 atom stereocenters. The van der Waals surface area contributed by atoms with E-state index in [1.807, 2.05) is 4.90 Å². The van der Waals surface area contributed by atoms with Crippen LogP contribution in [0, 0.1) is 0 Å². The highest BCUT2D eigenvalue weighted by molar-refractivity contribution is 7.99. The van der Waals surface area contributed by atoms with Gasteiger partial charge in [0.05, 0.1) is 12.9 Å². The average molecular weight is 290 g/mol. The van der Waals surface area contributed by atoms with Crippen LogP contribution in [0.4, 0.5) is 0 Å². The van der Waals surface area contributed by atoms with Gasteiger partial charge in [-0.25, -0.2) is 0 Å². The summed E-state index contributed by atoms with van der Waals surface area (Å²) in [6, 6.07) is -0.588. The fraction of sp³-hybridized carbons (Fsp3) is 0.846. The molecule has 0 heterocycles. The van der Waals surface area contributed by atoms with Crippen LogP contribution in [0.1, 0.15) is 33.1 Å². The predicted octanol–water partition coefficient (Wildman–Crippen LogP) is 1.26. The highest BCUT2D eigenvalue weighted by Gasteiger charge is 2.15. The number of rotatable bonds is 10. The van der Waals surface area contributed by atoms with Crippen molar-refractivity contribution in [3.05, 3.63) is 0 Å². The molecule has 0 aliphatic carbocycles. The lowest BCUT2D eigenvalue weighted by molar-refractivity contribution is -0.142. The van der Waals surface area contributed by atoms with Crippen molar-refractivity contribution in [1.29, 1.82) is 0 Å². The Morgan fingerprint density at radius 1 is 1.26 bits per heavy atom. The van der Waals surface area contributed by atoms with Gasteiger partial charge in [-0.05, 0) is 25.0 Å². The highest BCUT2D eigenvalue weighted by Crippen LogP contribution is 2.07. The molecule has 0 saturated carbocycles. The summed E-state index contributed by atoms with van der Waals surface area (Å²) in [6.45, 7) is 5.76. The van der Waals surface area contributed by atoms with E-state index < -0.39 is 12.0 Å². The summed E-state index contributed by atoms with van der Waals surface area (Å²) in [5.74, 6) is 0.910. The summed E-state index contributed by atoms with van der Waals surface area (Å²) in [7, 11) is 1.33. The van der Waals surface area contributed by atoms with Gasteiger partial charge in [-0.2, -0.15) is 11.8 Å². The van der Waals surface area contributed by atoms with Crippen molar-refractivity contribution in [2.45, 2.75) is 39.2 Å². The van der Waals surface area contributed by atoms with E-state index >= 15 is 0 Å². The highest BCUT2D eigenvalue weighted by atomic mass is 32.2. The van der Waals surface area contributed by atoms with Gasteiger partial charge in [-0.1, -0.05) is 13.8 Å². The van der Waals surface area contributed by atoms with Gasteiger partial charge in [0, 0.05) is 13.1 Å². The number of hydrogen-bond donors (Lipinski definition) is 1. The van der Waals surface area contributed by atoms with Gasteiger partial charge in [0.15, 0.2) is 0 Å². The second kappa shape index (κ2) is 11.1. The van der Waals surface area contributed by atoms with Crippen molar-refractivity contribution in [1.82, 2.24) is 4.90 Å². The van der Waals surface area contributed by atoms with Crippen LogP contribution in [0.25, 0.3) is 0 Å². The standard InChI is InChI=1S/C13H26N2O3S/c1-4-7-15(8-5-2)12(16)10-19-9-6-11(14)13(17)18-3/h11H,4-10,14H2,1-3H3. The maximum absolute atomic E-state index is 11.9. The topological polar surface area (TPSA) is 72.6 Å². The number of hydrogen-bond acceptors (Lipinski definition) is 5. The number of carbonyl (C=O) groups is 2. The van der Waals surface area contributed by atoms with Crippen LogP contribution in [-0.4, -0.2) is 54.5 Å². The Morgan fingerprint density at radius 2 is 1.84 bits per heavy atom. The molecule has 0 aromatic rings. The third-order valence-electron chi connectivity index (χ3n) is 2.64. The van der Waals surface area contributed by atoms with Crippen molar-refractivity contribution in [2.24, 2.45) is 5.73 Å². The van der Waals surface area contributed by atoms with Gasteiger partial charge in [0.1, 0.15) is 6.04 Å². The molecule has 0 spiro atoms. The zero-order chi connectivity index (χ0) is 14.7. The summed E-state index contributed by atoms with van der Waals surface area (Å²) in [6.07, 6.45) is 2.49. The SMILES string of the molecule is CCCN(CCC)C(=O)CSCCC(N)C(=O)OC. The van der Waals surface area contributed by atoms with E-state index in [4.69, 9.17) is 5.73 Å². The van der Waals surface area contributed by atoms with Crippen LogP contribution in [-0.2, 0) is 14.3 Å². The second-order valence-corrected chi connectivity index (χ2v) is 5.46. The van der Waals surface area contributed by atoms with Crippen molar-refractivity contribution < 1.29 is 14.3 Å². The fourth-order valence-electron chi connectivity index (χ4n) is 1.63.